The first-order chi connectivity index (χ1) is 13.7. The summed E-state index contributed by atoms with van der Waals surface area (Å²) in [6, 6.07) is 1.10. The number of hydrogen-bond donors (Lipinski definition) is 0. The van der Waals surface area contributed by atoms with Crippen LogP contribution in [0.4, 0.5) is 0 Å². The zero-order chi connectivity index (χ0) is 20.6. The van der Waals surface area contributed by atoms with Gasteiger partial charge in [-0.2, -0.15) is 0 Å². The average Bonchev–Trinajstić information content (AvgIpc) is 2.69. The molecule has 0 aromatic heterocycles. The SMILES string of the molecule is CCCCCCCCCCCCCC1(OCC)CCCC[Si]1(OCC)OCC. The fourth-order valence-electron chi connectivity index (χ4n) is 5.02. The third-order valence-corrected chi connectivity index (χ3v) is 10.9. The molecule has 0 saturated carbocycles. The van der Waals surface area contributed by atoms with Gasteiger partial charge in [0.25, 0.3) is 0 Å². The smallest absolute Gasteiger partial charge is 0.371 e. The Bertz CT molecular complexity index is 348. The van der Waals surface area contributed by atoms with Gasteiger partial charge in [0.1, 0.15) is 5.22 Å². The summed E-state index contributed by atoms with van der Waals surface area (Å²) in [6.45, 7) is 10.9. The second-order valence-corrected chi connectivity index (χ2v) is 12.0. The first kappa shape index (κ1) is 26.1. The molecule has 0 spiro atoms. The Morgan fingerprint density at radius 1 is 0.643 bits per heavy atom. The standard InChI is InChI=1S/C24H50O3Si/c1-5-9-10-11-12-13-14-15-16-17-18-21-24(25-6-2)22-19-20-23-28(24,26-7-3)27-8-4/h5-23H2,1-4H3. The molecule has 4 heteroatoms. The maximum absolute atomic E-state index is 6.50. The second-order valence-electron chi connectivity index (χ2n) is 8.54. The predicted molar refractivity (Wildman–Crippen MR) is 123 cm³/mol. The van der Waals surface area contributed by atoms with Gasteiger partial charge in [0.2, 0.25) is 0 Å². The van der Waals surface area contributed by atoms with Gasteiger partial charge < -0.3 is 13.6 Å². The van der Waals surface area contributed by atoms with Crippen molar-refractivity contribution >= 4 is 8.56 Å². The molecule has 1 fully saturated rings. The summed E-state index contributed by atoms with van der Waals surface area (Å²) in [5, 5.41) is -0.120. The van der Waals surface area contributed by atoms with E-state index in [9.17, 15) is 0 Å². The molecule has 0 aromatic rings. The average molecular weight is 415 g/mol. The highest BCUT2D eigenvalue weighted by Gasteiger charge is 2.59. The molecular formula is C24H50O3Si. The van der Waals surface area contributed by atoms with Gasteiger partial charge in [-0.1, -0.05) is 90.4 Å². The molecule has 28 heavy (non-hydrogen) atoms. The van der Waals surface area contributed by atoms with Crippen LogP contribution in [-0.4, -0.2) is 33.6 Å². The number of rotatable bonds is 18. The van der Waals surface area contributed by atoms with E-state index in [4.69, 9.17) is 13.6 Å². The van der Waals surface area contributed by atoms with Crippen molar-refractivity contribution in [2.24, 2.45) is 0 Å². The molecule has 1 atom stereocenters. The quantitative estimate of drug-likeness (QED) is 0.170. The molecule has 1 aliphatic rings. The molecule has 1 rings (SSSR count). The number of hydrogen-bond acceptors (Lipinski definition) is 3. The summed E-state index contributed by atoms with van der Waals surface area (Å²) >= 11 is 0. The molecular weight excluding hydrogens is 364 g/mol. The molecule has 0 bridgehead atoms. The summed E-state index contributed by atoms with van der Waals surface area (Å²) in [4.78, 5) is 0. The number of unbranched alkanes of at least 4 members (excludes halogenated alkanes) is 10. The molecule has 0 amide bonds. The van der Waals surface area contributed by atoms with Crippen LogP contribution in [0.2, 0.25) is 6.04 Å². The Balaban J connectivity index is 2.39. The molecule has 0 N–H and O–H groups in total. The fraction of sp³-hybridized carbons (Fsp3) is 1.00. The van der Waals surface area contributed by atoms with Crippen molar-refractivity contribution in [2.75, 3.05) is 19.8 Å². The van der Waals surface area contributed by atoms with Crippen LogP contribution in [0.3, 0.4) is 0 Å². The highest BCUT2D eigenvalue weighted by atomic mass is 28.4. The van der Waals surface area contributed by atoms with Crippen LogP contribution >= 0.6 is 0 Å². The van der Waals surface area contributed by atoms with Crippen LogP contribution in [-0.2, 0) is 13.6 Å². The maximum Gasteiger partial charge on any atom is 0.371 e. The van der Waals surface area contributed by atoms with Gasteiger partial charge >= 0.3 is 8.56 Å². The Labute approximate surface area is 177 Å². The summed E-state index contributed by atoms with van der Waals surface area (Å²) in [6.07, 6.45) is 20.0. The predicted octanol–water partition coefficient (Wildman–Crippen LogP) is 7.70. The van der Waals surface area contributed by atoms with Crippen molar-refractivity contribution in [3.63, 3.8) is 0 Å². The van der Waals surface area contributed by atoms with E-state index < -0.39 is 8.56 Å². The van der Waals surface area contributed by atoms with Gasteiger partial charge in [0.05, 0.1) is 0 Å². The van der Waals surface area contributed by atoms with E-state index in [1.807, 2.05) is 0 Å². The van der Waals surface area contributed by atoms with E-state index in [0.717, 1.165) is 38.7 Å². The first-order valence-corrected chi connectivity index (χ1v) is 14.6. The molecule has 0 aliphatic carbocycles. The summed E-state index contributed by atoms with van der Waals surface area (Å²) in [5.74, 6) is 0. The van der Waals surface area contributed by atoms with Crippen molar-refractivity contribution in [3.05, 3.63) is 0 Å². The molecule has 0 aromatic carbocycles. The topological polar surface area (TPSA) is 27.7 Å². The van der Waals surface area contributed by atoms with E-state index in [0.29, 0.717) is 0 Å². The molecule has 1 heterocycles. The third-order valence-electron chi connectivity index (χ3n) is 6.39. The Kier molecular flexibility index (Phi) is 14.8. The van der Waals surface area contributed by atoms with E-state index in [2.05, 4.69) is 27.7 Å². The van der Waals surface area contributed by atoms with Crippen LogP contribution in [0.5, 0.6) is 0 Å². The van der Waals surface area contributed by atoms with E-state index in [1.165, 1.54) is 83.5 Å². The highest BCUT2D eigenvalue weighted by Crippen LogP contribution is 2.44. The molecule has 168 valence electrons. The van der Waals surface area contributed by atoms with E-state index in [1.54, 1.807) is 0 Å². The van der Waals surface area contributed by atoms with Crippen molar-refractivity contribution in [3.8, 4) is 0 Å². The van der Waals surface area contributed by atoms with Gasteiger partial charge in [-0.05, 0) is 39.7 Å². The van der Waals surface area contributed by atoms with Crippen molar-refractivity contribution in [1.82, 2.24) is 0 Å². The Hall–Kier alpha value is 0.0969. The van der Waals surface area contributed by atoms with Crippen molar-refractivity contribution in [1.29, 1.82) is 0 Å². The second kappa shape index (κ2) is 15.9. The van der Waals surface area contributed by atoms with Gasteiger partial charge in [0.15, 0.2) is 0 Å². The Morgan fingerprint density at radius 3 is 1.68 bits per heavy atom. The van der Waals surface area contributed by atoms with E-state index >= 15 is 0 Å². The lowest BCUT2D eigenvalue weighted by atomic mass is 10.0. The van der Waals surface area contributed by atoms with Crippen LogP contribution in [0, 0.1) is 0 Å². The minimum atomic E-state index is -2.30. The normalized spacial score (nSPS) is 21.9. The fourth-order valence-corrected chi connectivity index (χ4v) is 9.50. The lowest BCUT2D eigenvalue weighted by molar-refractivity contribution is -0.0468. The van der Waals surface area contributed by atoms with Crippen LogP contribution in [0.1, 0.15) is 124 Å². The summed E-state index contributed by atoms with van der Waals surface area (Å²) < 4.78 is 19.3. The Morgan fingerprint density at radius 2 is 1.18 bits per heavy atom. The molecule has 1 aliphatic heterocycles. The number of ether oxygens (including phenoxy) is 1. The van der Waals surface area contributed by atoms with Crippen LogP contribution < -0.4 is 0 Å². The highest BCUT2D eigenvalue weighted by molar-refractivity contribution is 6.70. The minimum Gasteiger partial charge on any atom is -0.393 e. The molecule has 3 nitrogen and oxygen atoms in total. The van der Waals surface area contributed by atoms with Gasteiger partial charge in [0, 0.05) is 19.8 Å². The van der Waals surface area contributed by atoms with Crippen LogP contribution in [0.25, 0.3) is 0 Å². The van der Waals surface area contributed by atoms with Crippen molar-refractivity contribution in [2.45, 2.75) is 135 Å². The largest absolute Gasteiger partial charge is 0.393 e. The lowest BCUT2D eigenvalue weighted by Gasteiger charge is -2.49. The van der Waals surface area contributed by atoms with Crippen LogP contribution in [0.15, 0.2) is 0 Å². The zero-order valence-corrected chi connectivity index (χ0v) is 20.7. The minimum absolute atomic E-state index is 0.120. The van der Waals surface area contributed by atoms with E-state index in [-0.39, 0.29) is 5.22 Å². The maximum atomic E-state index is 6.50. The third kappa shape index (κ3) is 8.45. The summed E-state index contributed by atoms with van der Waals surface area (Å²) in [7, 11) is -2.30. The summed E-state index contributed by atoms with van der Waals surface area (Å²) in [5.41, 5.74) is 0. The van der Waals surface area contributed by atoms with Gasteiger partial charge in [-0.15, -0.1) is 0 Å². The molecule has 1 unspecified atom stereocenters. The van der Waals surface area contributed by atoms with Crippen molar-refractivity contribution < 1.29 is 13.6 Å². The van der Waals surface area contributed by atoms with Gasteiger partial charge in [-0.3, -0.25) is 0 Å². The monoisotopic (exact) mass is 414 g/mol. The molecule has 1 saturated heterocycles. The zero-order valence-electron chi connectivity index (χ0n) is 19.7. The first-order valence-electron chi connectivity index (χ1n) is 12.6. The molecule has 0 radical (unpaired) electrons. The van der Waals surface area contributed by atoms with Gasteiger partial charge in [-0.25, -0.2) is 0 Å². The lowest BCUT2D eigenvalue weighted by Crippen LogP contribution is -2.66.